The third kappa shape index (κ3) is 5.58. The van der Waals surface area contributed by atoms with E-state index in [0.29, 0.717) is 11.4 Å². The zero-order valence-electron chi connectivity index (χ0n) is 13.5. The molecule has 2 aromatic rings. The first-order chi connectivity index (χ1) is 11.6. The molecule has 0 radical (unpaired) electrons. The molecule has 0 saturated carbocycles. The van der Waals surface area contributed by atoms with Gasteiger partial charge in [0.25, 0.3) is 5.91 Å². The van der Waals surface area contributed by atoms with E-state index in [4.69, 9.17) is 9.47 Å². The molecule has 7 heteroatoms. The monoisotopic (exact) mass is 365 g/mol. The zero-order chi connectivity index (χ0) is 17.4. The Morgan fingerprint density at radius 1 is 1.25 bits per heavy atom. The number of esters is 1. The van der Waals surface area contributed by atoms with Gasteiger partial charge in [0.05, 0.1) is 18.6 Å². The van der Waals surface area contributed by atoms with Gasteiger partial charge in [-0.3, -0.25) is 9.59 Å². The van der Waals surface area contributed by atoms with Gasteiger partial charge in [-0.1, -0.05) is 18.2 Å². The van der Waals surface area contributed by atoms with E-state index in [9.17, 15) is 9.59 Å². The third-order valence-corrected chi connectivity index (χ3v) is 5.10. The maximum absolute atomic E-state index is 12.1. The van der Waals surface area contributed by atoms with Gasteiger partial charge >= 0.3 is 5.97 Å². The Kier molecular flexibility index (Phi) is 7.14. The highest BCUT2D eigenvalue weighted by Crippen LogP contribution is 2.23. The first-order valence-electron chi connectivity index (χ1n) is 7.33. The molecule has 0 bridgehead atoms. The van der Waals surface area contributed by atoms with Crippen molar-refractivity contribution in [2.24, 2.45) is 0 Å². The molecule has 0 aliphatic heterocycles. The lowest BCUT2D eigenvalue weighted by Crippen LogP contribution is -2.30. The fourth-order valence-electron chi connectivity index (χ4n) is 1.90. The lowest BCUT2D eigenvalue weighted by molar-refractivity contribution is -0.150. The first kappa shape index (κ1) is 18.4. The van der Waals surface area contributed by atoms with Crippen LogP contribution in [0.1, 0.15) is 11.8 Å². The van der Waals surface area contributed by atoms with E-state index in [1.165, 1.54) is 23.7 Å². The number of thioether (sulfide) groups is 1. The molecule has 0 saturated heterocycles. The number of rotatable bonds is 8. The number of hydrogen-bond acceptors (Lipinski definition) is 6. The van der Waals surface area contributed by atoms with Crippen LogP contribution in [0.15, 0.2) is 41.8 Å². The zero-order valence-corrected chi connectivity index (χ0v) is 15.1. The molecule has 24 heavy (non-hydrogen) atoms. The molecule has 0 aliphatic carbocycles. The number of carbonyl (C=O) groups excluding carboxylic acids is 2. The van der Waals surface area contributed by atoms with Gasteiger partial charge in [0.1, 0.15) is 5.75 Å². The highest BCUT2D eigenvalue weighted by molar-refractivity contribution is 7.99. The second-order valence-electron chi connectivity index (χ2n) is 4.89. The van der Waals surface area contributed by atoms with E-state index >= 15 is 0 Å². The van der Waals surface area contributed by atoms with Crippen molar-refractivity contribution in [3.63, 3.8) is 0 Å². The number of para-hydroxylation sites is 2. The van der Waals surface area contributed by atoms with Crippen molar-refractivity contribution in [3.05, 3.63) is 46.7 Å². The van der Waals surface area contributed by atoms with Crippen molar-refractivity contribution in [1.82, 2.24) is 0 Å². The second-order valence-corrected chi connectivity index (χ2v) is 6.91. The molecule has 0 spiro atoms. The first-order valence-corrected chi connectivity index (χ1v) is 9.37. The predicted octanol–water partition coefficient (Wildman–Crippen LogP) is 3.56. The van der Waals surface area contributed by atoms with Crippen LogP contribution in [-0.4, -0.2) is 30.8 Å². The standard InChI is InChI=1S/C17H19NO4S2/c1-12(17(20)18-14-7-3-4-8-15(14)21-2)22-16(19)11-23-10-13-6-5-9-24-13/h3-9,12H,10-11H2,1-2H3,(H,18,20)/t12-/m1/s1. The van der Waals surface area contributed by atoms with Crippen LogP contribution in [0.3, 0.4) is 0 Å². The third-order valence-electron chi connectivity index (χ3n) is 3.09. The summed E-state index contributed by atoms with van der Waals surface area (Å²) in [5.74, 6) is 0.727. The molecule has 0 unspecified atom stereocenters. The van der Waals surface area contributed by atoms with Crippen molar-refractivity contribution in [1.29, 1.82) is 0 Å². The van der Waals surface area contributed by atoms with Gasteiger partial charge in [0.15, 0.2) is 6.10 Å². The van der Waals surface area contributed by atoms with Crippen LogP contribution in [0.5, 0.6) is 5.75 Å². The quantitative estimate of drug-likeness (QED) is 0.725. The minimum atomic E-state index is -0.871. The largest absolute Gasteiger partial charge is 0.495 e. The molecule has 1 atom stereocenters. The Bertz CT molecular complexity index is 673. The van der Waals surface area contributed by atoms with Crippen LogP contribution >= 0.6 is 23.1 Å². The lowest BCUT2D eigenvalue weighted by Gasteiger charge is -2.15. The number of hydrogen-bond donors (Lipinski definition) is 1. The molecule has 1 heterocycles. The Balaban J connectivity index is 1.77. The minimum absolute atomic E-state index is 0.212. The van der Waals surface area contributed by atoms with Crippen LogP contribution in [0.25, 0.3) is 0 Å². The summed E-state index contributed by atoms with van der Waals surface area (Å²) in [5.41, 5.74) is 0.542. The summed E-state index contributed by atoms with van der Waals surface area (Å²) >= 11 is 3.12. The average Bonchev–Trinajstić information content (AvgIpc) is 3.08. The molecule has 1 aromatic heterocycles. The number of ether oxygens (including phenoxy) is 2. The van der Waals surface area contributed by atoms with Crippen molar-refractivity contribution in [3.8, 4) is 5.75 Å². The molecule has 2 rings (SSSR count). The van der Waals surface area contributed by atoms with Crippen LogP contribution in [0.4, 0.5) is 5.69 Å². The maximum Gasteiger partial charge on any atom is 0.316 e. The Morgan fingerprint density at radius 3 is 2.75 bits per heavy atom. The van der Waals surface area contributed by atoms with E-state index in [2.05, 4.69) is 5.32 Å². The van der Waals surface area contributed by atoms with Gasteiger partial charge in [-0.2, -0.15) is 0 Å². The number of nitrogens with one attached hydrogen (secondary N) is 1. The molecular formula is C17H19NO4S2. The van der Waals surface area contributed by atoms with Gasteiger partial charge in [0.2, 0.25) is 0 Å². The molecule has 128 valence electrons. The molecule has 1 aromatic carbocycles. The maximum atomic E-state index is 12.1. The fourth-order valence-corrected chi connectivity index (χ4v) is 3.54. The van der Waals surface area contributed by atoms with Gasteiger partial charge in [-0.15, -0.1) is 23.1 Å². The molecule has 1 N–H and O–H groups in total. The highest BCUT2D eigenvalue weighted by Gasteiger charge is 2.19. The molecule has 0 fully saturated rings. The van der Waals surface area contributed by atoms with E-state index in [0.717, 1.165) is 5.75 Å². The van der Waals surface area contributed by atoms with E-state index in [1.54, 1.807) is 36.5 Å². The van der Waals surface area contributed by atoms with E-state index in [-0.39, 0.29) is 5.75 Å². The molecule has 5 nitrogen and oxygen atoms in total. The summed E-state index contributed by atoms with van der Waals surface area (Å²) in [6.07, 6.45) is -0.871. The van der Waals surface area contributed by atoms with Gasteiger partial charge in [-0.05, 0) is 30.5 Å². The number of methoxy groups -OCH3 is 1. The van der Waals surface area contributed by atoms with Gasteiger partial charge < -0.3 is 14.8 Å². The van der Waals surface area contributed by atoms with Crippen molar-refractivity contribution < 1.29 is 19.1 Å². The van der Waals surface area contributed by atoms with Crippen LogP contribution in [0.2, 0.25) is 0 Å². The topological polar surface area (TPSA) is 64.6 Å². The Labute approximate surface area is 149 Å². The SMILES string of the molecule is COc1ccccc1NC(=O)[C@@H](C)OC(=O)CSCc1cccs1. The van der Waals surface area contributed by atoms with Crippen LogP contribution in [0, 0.1) is 0 Å². The van der Waals surface area contributed by atoms with Crippen LogP contribution < -0.4 is 10.1 Å². The lowest BCUT2D eigenvalue weighted by atomic mass is 10.2. The predicted molar refractivity (Wildman–Crippen MR) is 97.7 cm³/mol. The van der Waals surface area contributed by atoms with E-state index < -0.39 is 18.0 Å². The van der Waals surface area contributed by atoms with E-state index in [1.807, 2.05) is 23.6 Å². The normalized spacial score (nSPS) is 11.6. The summed E-state index contributed by atoms with van der Waals surface area (Å²) in [5, 5.41) is 4.70. The van der Waals surface area contributed by atoms with Gasteiger partial charge in [-0.25, -0.2) is 0 Å². The Hall–Kier alpha value is -1.99. The summed E-state index contributed by atoms with van der Waals surface area (Å²) < 4.78 is 10.3. The summed E-state index contributed by atoms with van der Waals surface area (Å²) in [4.78, 5) is 25.1. The number of amides is 1. The van der Waals surface area contributed by atoms with Crippen molar-refractivity contribution >= 4 is 40.7 Å². The average molecular weight is 365 g/mol. The van der Waals surface area contributed by atoms with Crippen molar-refractivity contribution in [2.75, 3.05) is 18.2 Å². The van der Waals surface area contributed by atoms with Crippen LogP contribution in [-0.2, 0) is 20.1 Å². The van der Waals surface area contributed by atoms with Gasteiger partial charge in [0, 0.05) is 10.6 Å². The summed E-state index contributed by atoms with van der Waals surface area (Å²) in [6, 6.07) is 11.1. The minimum Gasteiger partial charge on any atom is -0.495 e. The molecule has 1 amide bonds. The molecular weight excluding hydrogens is 346 g/mol. The van der Waals surface area contributed by atoms with Crippen molar-refractivity contribution in [2.45, 2.75) is 18.8 Å². The highest BCUT2D eigenvalue weighted by atomic mass is 32.2. The Morgan fingerprint density at radius 2 is 2.04 bits per heavy atom. The summed E-state index contributed by atoms with van der Waals surface area (Å²) in [6.45, 7) is 1.55. The number of anilines is 1. The second kappa shape index (κ2) is 9.34. The number of thiophene rings is 1. The smallest absolute Gasteiger partial charge is 0.316 e. The number of carbonyl (C=O) groups is 2. The number of benzene rings is 1. The molecule has 0 aliphatic rings. The fraction of sp³-hybridized carbons (Fsp3) is 0.294. The summed E-state index contributed by atoms with van der Waals surface area (Å²) in [7, 11) is 1.53.